The van der Waals surface area contributed by atoms with Crippen LogP contribution in [0.2, 0.25) is 0 Å². The first-order valence-corrected chi connectivity index (χ1v) is 7.59. The minimum Gasteiger partial charge on any atom is -0.480 e. The zero-order chi connectivity index (χ0) is 17.3. The SMILES string of the molecule is C=CCCC(C)O[C@@H](CC)[C@H](NC(=O)OC(C)(C)C)C(=O)O. The Morgan fingerprint density at radius 2 is 1.95 bits per heavy atom. The highest BCUT2D eigenvalue weighted by Gasteiger charge is 2.32. The van der Waals surface area contributed by atoms with E-state index >= 15 is 0 Å². The largest absolute Gasteiger partial charge is 0.480 e. The molecule has 0 aromatic heterocycles. The molecule has 0 fully saturated rings. The lowest BCUT2D eigenvalue weighted by Gasteiger charge is -2.28. The Bertz CT molecular complexity index is 375. The van der Waals surface area contributed by atoms with Gasteiger partial charge in [0.25, 0.3) is 0 Å². The molecular weight excluding hydrogens is 286 g/mol. The van der Waals surface area contributed by atoms with Crippen LogP contribution in [0, 0.1) is 0 Å². The molecule has 0 aromatic carbocycles. The number of hydrogen-bond donors (Lipinski definition) is 2. The Morgan fingerprint density at radius 1 is 1.36 bits per heavy atom. The van der Waals surface area contributed by atoms with Crippen LogP contribution in [0.15, 0.2) is 12.7 Å². The maximum atomic E-state index is 11.8. The number of carbonyl (C=O) groups is 2. The van der Waals surface area contributed by atoms with Crippen LogP contribution >= 0.6 is 0 Å². The minimum atomic E-state index is -1.15. The molecule has 0 rings (SSSR count). The summed E-state index contributed by atoms with van der Waals surface area (Å²) in [6, 6.07) is -1.15. The lowest BCUT2D eigenvalue weighted by atomic mass is 10.1. The molecular formula is C16H29NO5. The van der Waals surface area contributed by atoms with E-state index in [4.69, 9.17) is 9.47 Å². The minimum absolute atomic E-state index is 0.120. The predicted octanol–water partition coefficient (Wildman–Crippen LogP) is 3.11. The summed E-state index contributed by atoms with van der Waals surface area (Å²) in [7, 11) is 0. The van der Waals surface area contributed by atoms with E-state index in [1.165, 1.54) is 0 Å². The van der Waals surface area contributed by atoms with Crippen molar-refractivity contribution in [3.63, 3.8) is 0 Å². The molecule has 0 aliphatic heterocycles. The van der Waals surface area contributed by atoms with E-state index in [0.717, 1.165) is 12.8 Å². The van der Waals surface area contributed by atoms with E-state index in [2.05, 4.69) is 11.9 Å². The number of carbonyl (C=O) groups excluding carboxylic acids is 1. The van der Waals surface area contributed by atoms with Gasteiger partial charge >= 0.3 is 12.1 Å². The average Bonchev–Trinajstić information content (AvgIpc) is 2.37. The summed E-state index contributed by atoms with van der Waals surface area (Å²) in [5.41, 5.74) is -0.688. The van der Waals surface area contributed by atoms with E-state index in [0.29, 0.717) is 6.42 Å². The number of carboxylic acid groups (broad SMARTS) is 1. The zero-order valence-corrected chi connectivity index (χ0v) is 14.2. The van der Waals surface area contributed by atoms with Gasteiger partial charge in [0.05, 0.1) is 12.2 Å². The molecule has 0 saturated carbocycles. The Morgan fingerprint density at radius 3 is 2.36 bits per heavy atom. The second-order valence-corrected chi connectivity index (χ2v) is 6.22. The maximum Gasteiger partial charge on any atom is 0.408 e. The third kappa shape index (κ3) is 8.67. The summed E-state index contributed by atoms with van der Waals surface area (Å²) in [6.07, 6.45) is 2.28. The van der Waals surface area contributed by atoms with Gasteiger partial charge < -0.3 is 19.9 Å². The smallest absolute Gasteiger partial charge is 0.408 e. The van der Waals surface area contributed by atoms with Gasteiger partial charge in [0, 0.05) is 0 Å². The second kappa shape index (κ2) is 9.46. The highest BCUT2D eigenvalue weighted by atomic mass is 16.6. The summed E-state index contributed by atoms with van der Waals surface area (Å²) >= 11 is 0. The lowest BCUT2D eigenvalue weighted by molar-refractivity contribution is -0.145. The van der Waals surface area contributed by atoms with Crippen LogP contribution < -0.4 is 5.32 Å². The molecule has 128 valence electrons. The molecule has 0 saturated heterocycles. The Kier molecular flexibility index (Phi) is 8.79. The fourth-order valence-corrected chi connectivity index (χ4v) is 1.88. The van der Waals surface area contributed by atoms with Gasteiger partial charge in [0.15, 0.2) is 6.04 Å². The van der Waals surface area contributed by atoms with Crippen LogP contribution in [0.25, 0.3) is 0 Å². The molecule has 6 heteroatoms. The summed E-state index contributed by atoms with van der Waals surface area (Å²) in [6.45, 7) is 12.5. The average molecular weight is 315 g/mol. The summed E-state index contributed by atoms with van der Waals surface area (Å²) in [5.74, 6) is -1.14. The first-order chi connectivity index (χ1) is 10.1. The number of carboxylic acids is 1. The van der Waals surface area contributed by atoms with E-state index in [-0.39, 0.29) is 6.10 Å². The maximum absolute atomic E-state index is 11.8. The topological polar surface area (TPSA) is 84.9 Å². The van der Waals surface area contributed by atoms with Gasteiger partial charge in [-0.3, -0.25) is 0 Å². The van der Waals surface area contributed by atoms with Crippen molar-refractivity contribution in [1.29, 1.82) is 0 Å². The van der Waals surface area contributed by atoms with Crippen LogP contribution in [-0.4, -0.2) is 41.0 Å². The van der Waals surface area contributed by atoms with Crippen molar-refractivity contribution in [2.45, 2.75) is 77.7 Å². The number of hydrogen-bond acceptors (Lipinski definition) is 4. The number of amides is 1. The fourth-order valence-electron chi connectivity index (χ4n) is 1.88. The van der Waals surface area contributed by atoms with Crippen LogP contribution in [0.3, 0.4) is 0 Å². The van der Waals surface area contributed by atoms with Crippen molar-refractivity contribution in [2.24, 2.45) is 0 Å². The number of alkyl carbamates (subject to hydrolysis) is 1. The first-order valence-electron chi connectivity index (χ1n) is 7.59. The van der Waals surface area contributed by atoms with E-state index in [1.54, 1.807) is 26.8 Å². The van der Waals surface area contributed by atoms with Crippen LogP contribution in [0.5, 0.6) is 0 Å². The molecule has 0 spiro atoms. The molecule has 0 radical (unpaired) electrons. The highest BCUT2D eigenvalue weighted by molar-refractivity contribution is 5.80. The molecule has 0 aliphatic rings. The molecule has 0 aromatic rings. The van der Waals surface area contributed by atoms with Gasteiger partial charge in [-0.05, 0) is 47.0 Å². The number of rotatable bonds is 9. The molecule has 6 nitrogen and oxygen atoms in total. The normalized spacial score (nSPS) is 15.5. The summed E-state index contributed by atoms with van der Waals surface area (Å²) in [5, 5.41) is 11.7. The zero-order valence-electron chi connectivity index (χ0n) is 14.2. The van der Waals surface area contributed by atoms with Gasteiger partial charge in [-0.15, -0.1) is 6.58 Å². The summed E-state index contributed by atoms with van der Waals surface area (Å²) in [4.78, 5) is 23.2. The van der Waals surface area contributed by atoms with Crippen LogP contribution in [0.4, 0.5) is 4.79 Å². The summed E-state index contributed by atoms with van der Waals surface area (Å²) < 4.78 is 10.9. The third-order valence-electron chi connectivity index (χ3n) is 2.90. The van der Waals surface area contributed by atoms with Crippen LogP contribution in [0.1, 0.15) is 53.9 Å². The number of ether oxygens (including phenoxy) is 2. The fraction of sp³-hybridized carbons (Fsp3) is 0.750. The molecule has 22 heavy (non-hydrogen) atoms. The predicted molar refractivity (Wildman–Crippen MR) is 84.9 cm³/mol. The Labute approximate surface area is 132 Å². The van der Waals surface area contributed by atoms with E-state index in [9.17, 15) is 14.7 Å². The van der Waals surface area contributed by atoms with Crippen molar-refractivity contribution in [1.82, 2.24) is 5.32 Å². The molecule has 0 bridgehead atoms. The number of nitrogens with one attached hydrogen (secondary N) is 1. The first kappa shape index (κ1) is 20.4. The monoisotopic (exact) mass is 315 g/mol. The van der Waals surface area contributed by atoms with E-state index in [1.807, 2.05) is 13.8 Å². The molecule has 3 atom stereocenters. The number of allylic oxidation sites excluding steroid dienone is 1. The van der Waals surface area contributed by atoms with Gasteiger partial charge in [-0.1, -0.05) is 13.0 Å². The quantitative estimate of drug-likeness (QED) is 0.639. The lowest BCUT2D eigenvalue weighted by Crippen LogP contribution is -2.51. The van der Waals surface area contributed by atoms with Crippen LogP contribution in [-0.2, 0) is 14.3 Å². The molecule has 1 unspecified atom stereocenters. The number of aliphatic carboxylic acids is 1. The third-order valence-corrected chi connectivity index (χ3v) is 2.90. The Balaban J connectivity index is 4.77. The van der Waals surface area contributed by atoms with Crippen molar-refractivity contribution in [2.75, 3.05) is 0 Å². The molecule has 0 aliphatic carbocycles. The van der Waals surface area contributed by atoms with Gasteiger partial charge in [-0.2, -0.15) is 0 Å². The molecule has 0 heterocycles. The van der Waals surface area contributed by atoms with Crippen molar-refractivity contribution in [3.8, 4) is 0 Å². The van der Waals surface area contributed by atoms with E-state index < -0.39 is 29.8 Å². The second-order valence-electron chi connectivity index (χ2n) is 6.22. The van der Waals surface area contributed by atoms with Crippen molar-refractivity contribution >= 4 is 12.1 Å². The standard InChI is InChI=1S/C16H29NO5/c1-7-9-10-11(3)21-12(8-2)13(14(18)19)17-15(20)22-16(4,5)6/h7,11-13H,1,8-10H2,2-6H3,(H,17,20)(H,18,19)/t11?,12-,13-/m0/s1. The highest BCUT2D eigenvalue weighted by Crippen LogP contribution is 2.13. The van der Waals surface area contributed by atoms with Gasteiger partial charge in [0.2, 0.25) is 0 Å². The van der Waals surface area contributed by atoms with Crippen molar-refractivity contribution < 1.29 is 24.2 Å². The molecule has 1 amide bonds. The van der Waals surface area contributed by atoms with Gasteiger partial charge in [-0.25, -0.2) is 9.59 Å². The molecule has 2 N–H and O–H groups in total. The van der Waals surface area contributed by atoms with Gasteiger partial charge in [0.1, 0.15) is 5.60 Å². The Hall–Kier alpha value is -1.56. The van der Waals surface area contributed by atoms with Crippen molar-refractivity contribution in [3.05, 3.63) is 12.7 Å².